The molecule has 0 aromatic heterocycles. The fraction of sp³-hybridized carbons (Fsp3) is 0.667. The van der Waals surface area contributed by atoms with Crippen LogP contribution in [0.5, 0.6) is 0 Å². The summed E-state index contributed by atoms with van der Waals surface area (Å²) < 4.78 is 4.20. The van der Waals surface area contributed by atoms with Gasteiger partial charge in [-0.3, -0.25) is 4.79 Å². The lowest BCUT2D eigenvalue weighted by Crippen LogP contribution is -2.32. The summed E-state index contributed by atoms with van der Waals surface area (Å²) in [5.74, 6) is -1.27. The molecule has 0 unspecified atom stereocenters. The molecule has 0 radical (unpaired) electrons. The zero-order valence-corrected chi connectivity index (χ0v) is 6.09. The number of esters is 2. The maximum atomic E-state index is 10.6. The quantitative estimate of drug-likeness (QED) is 0.432. The van der Waals surface area contributed by atoms with Gasteiger partial charge in [0, 0.05) is 6.92 Å². The van der Waals surface area contributed by atoms with E-state index < -0.39 is 18.0 Å². The summed E-state index contributed by atoms with van der Waals surface area (Å²) in [4.78, 5) is 20.8. The third-order valence-electron chi connectivity index (χ3n) is 0.987. The van der Waals surface area contributed by atoms with Crippen molar-refractivity contribution in [3.8, 4) is 0 Å². The predicted octanol–water partition coefficient (Wildman–Crippen LogP) is -0.187. The van der Waals surface area contributed by atoms with Gasteiger partial charge in [-0.25, -0.2) is 4.79 Å². The zero-order valence-electron chi connectivity index (χ0n) is 6.09. The van der Waals surface area contributed by atoms with Crippen LogP contribution in [0.1, 0.15) is 20.3 Å². The lowest BCUT2D eigenvalue weighted by molar-refractivity contribution is -0.159. The Labute approximate surface area is 59.3 Å². The lowest BCUT2D eigenvalue weighted by Gasteiger charge is -2.04. The zero-order chi connectivity index (χ0) is 8.15. The fourth-order valence-electron chi connectivity index (χ4n) is 0.384. The Hall–Kier alpha value is -0.900. The third-order valence-corrected chi connectivity index (χ3v) is 0.987. The van der Waals surface area contributed by atoms with Crippen molar-refractivity contribution in [1.29, 1.82) is 0 Å². The number of rotatable bonds is 2. The van der Waals surface area contributed by atoms with Crippen molar-refractivity contribution in [2.75, 3.05) is 0 Å². The molecule has 0 spiro atoms. The summed E-state index contributed by atoms with van der Waals surface area (Å²) in [6.45, 7) is 2.91. The monoisotopic (exact) mass is 145 g/mol. The highest BCUT2D eigenvalue weighted by atomic mass is 16.6. The number of ether oxygens (including phenoxy) is 1. The minimum atomic E-state index is -0.677. The first kappa shape index (κ1) is 9.10. The number of nitrogens with two attached hydrogens (primary N) is 1. The normalized spacial score (nSPS) is 12.3. The molecule has 0 saturated heterocycles. The first-order valence-corrected chi connectivity index (χ1v) is 3.05. The van der Waals surface area contributed by atoms with Crippen LogP contribution in [0.4, 0.5) is 0 Å². The molecular weight excluding hydrogens is 134 g/mol. The van der Waals surface area contributed by atoms with E-state index in [0.29, 0.717) is 6.42 Å². The lowest BCUT2D eigenvalue weighted by atomic mass is 10.2. The molecule has 4 nitrogen and oxygen atoms in total. The van der Waals surface area contributed by atoms with E-state index in [1.54, 1.807) is 6.92 Å². The van der Waals surface area contributed by atoms with E-state index in [2.05, 4.69) is 4.74 Å². The average Bonchev–Trinajstić information content (AvgIpc) is 1.85. The van der Waals surface area contributed by atoms with Crippen LogP contribution in [0, 0.1) is 0 Å². The van der Waals surface area contributed by atoms with Crippen molar-refractivity contribution >= 4 is 11.9 Å². The first-order chi connectivity index (χ1) is 4.57. The molecule has 0 aliphatic carbocycles. The van der Waals surface area contributed by atoms with Crippen molar-refractivity contribution < 1.29 is 14.3 Å². The summed E-state index contributed by atoms with van der Waals surface area (Å²) >= 11 is 0. The van der Waals surface area contributed by atoms with Crippen molar-refractivity contribution in [3.63, 3.8) is 0 Å². The summed E-state index contributed by atoms with van der Waals surface area (Å²) in [7, 11) is 0. The molecule has 0 aromatic rings. The second-order valence-electron chi connectivity index (χ2n) is 1.93. The van der Waals surface area contributed by atoms with Crippen molar-refractivity contribution in [2.45, 2.75) is 26.3 Å². The Morgan fingerprint density at radius 2 is 2.10 bits per heavy atom. The van der Waals surface area contributed by atoms with E-state index in [1.165, 1.54) is 6.92 Å². The van der Waals surface area contributed by atoms with Gasteiger partial charge in [-0.2, -0.15) is 0 Å². The highest BCUT2D eigenvalue weighted by molar-refractivity contribution is 5.87. The largest absolute Gasteiger partial charge is 0.392 e. The first-order valence-electron chi connectivity index (χ1n) is 3.05. The molecule has 10 heavy (non-hydrogen) atoms. The molecule has 0 heterocycles. The second-order valence-corrected chi connectivity index (χ2v) is 1.93. The molecule has 0 aromatic carbocycles. The SMILES string of the molecule is CC[C@@H](N)C(=O)OC(C)=O. The Kier molecular flexibility index (Phi) is 3.64. The molecule has 4 heteroatoms. The van der Waals surface area contributed by atoms with Gasteiger partial charge in [0.05, 0.1) is 0 Å². The molecule has 2 N–H and O–H groups in total. The number of carbonyl (C=O) groups is 2. The Morgan fingerprint density at radius 1 is 1.60 bits per heavy atom. The molecular formula is C6H11NO3. The molecule has 0 amide bonds. The van der Waals surface area contributed by atoms with Crippen LogP contribution in [-0.4, -0.2) is 18.0 Å². The van der Waals surface area contributed by atoms with Crippen LogP contribution in [0.3, 0.4) is 0 Å². The van der Waals surface area contributed by atoms with Crippen LogP contribution in [-0.2, 0) is 14.3 Å². The van der Waals surface area contributed by atoms with Crippen molar-refractivity contribution in [1.82, 2.24) is 0 Å². The van der Waals surface area contributed by atoms with Crippen molar-refractivity contribution in [3.05, 3.63) is 0 Å². The van der Waals surface area contributed by atoms with Crippen LogP contribution in [0.15, 0.2) is 0 Å². The summed E-state index contributed by atoms with van der Waals surface area (Å²) in [6, 6.07) is -0.677. The van der Waals surface area contributed by atoms with E-state index >= 15 is 0 Å². The van der Waals surface area contributed by atoms with E-state index in [4.69, 9.17) is 5.73 Å². The van der Waals surface area contributed by atoms with E-state index in [1.807, 2.05) is 0 Å². The van der Waals surface area contributed by atoms with E-state index in [9.17, 15) is 9.59 Å². The summed E-state index contributed by atoms with van der Waals surface area (Å²) in [5.41, 5.74) is 5.24. The van der Waals surface area contributed by atoms with E-state index in [0.717, 1.165) is 0 Å². The van der Waals surface area contributed by atoms with Gasteiger partial charge in [0.15, 0.2) is 0 Å². The molecule has 1 atom stereocenters. The maximum Gasteiger partial charge on any atom is 0.330 e. The molecule has 0 aliphatic rings. The van der Waals surface area contributed by atoms with Gasteiger partial charge in [-0.15, -0.1) is 0 Å². The fourth-order valence-corrected chi connectivity index (χ4v) is 0.384. The molecule has 58 valence electrons. The molecule has 0 saturated carbocycles. The highest BCUT2D eigenvalue weighted by Gasteiger charge is 2.13. The van der Waals surface area contributed by atoms with Crippen LogP contribution in [0.25, 0.3) is 0 Å². The molecule has 0 fully saturated rings. The molecule has 0 rings (SSSR count). The maximum absolute atomic E-state index is 10.6. The number of carbonyl (C=O) groups excluding carboxylic acids is 2. The van der Waals surface area contributed by atoms with Gasteiger partial charge in [0.25, 0.3) is 0 Å². The van der Waals surface area contributed by atoms with Gasteiger partial charge < -0.3 is 10.5 Å². The Morgan fingerprint density at radius 3 is 2.40 bits per heavy atom. The minimum Gasteiger partial charge on any atom is -0.392 e. The smallest absolute Gasteiger partial charge is 0.330 e. The van der Waals surface area contributed by atoms with Gasteiger partial charge in [0.2, 0.25) is 0 Å². The van der Waals surface area contributed by atoms with Gasteiger partial charge in [-0.05, 0) is 6.42 Å². The van der Waals surface area contributed by atoms with Crippen LogP contribution < -0.4 is 5.73 Å². The number of hydrogen-bond acceptors (Lipinski definition) is 4. The van der Waals surface area contributed by atoms with Gasteiger partial charge >= 0.3 is 11.9 Å². The molecule has 0 bridgehead atoms. The topological polar surface area (TPSA) is 69.4 Å². The van der Waals surface area contributed by atoms with Crippen LogP contribution in [0.2, 0.25) is 0 Å². The highest BCUT2D eigenvalue weighted by Crippen LogP contribution is 1.90. The standard InChI is InChI=1S/C6H11NO3/c1-3-5(7)6(9)10-4(2)8/h5H,3,7H2,1-2H3/t5-/m1/s1. The summed E-state index contributed by atoms with van der Waals surface area (Å²) in [6.07, 6.45) is 0.478. The van der Waals surface area contributed by atoms with Crippen molar-refractivity contribution in [2.24, 2.45) is 5.73 Å². The average molecular weight is 145 g/mol. The second kappa shape index (κ2) is 4.00. The predicted molar refractivity (Wildman–Crippen MR) is 35.0 cm³/mol. The van der Waals surface area contributed by atoms with Crippen LogP contribution >= 0.6 is 0 Å². The third kappa shape index (κ3) is 3.19. The minimum absolute atomic E-state index is 0.478. The van der Waals surface area contributed by atoms with Gasteiger partial charge in [0.1, 0.15) is 6.04 Å². The Balaban J connectivity index is 3.73. The Bertz CT molecular complexity index is 144. The van der Waals surface area contributed by atoms with Gasteiger partial charge in [-0.1, -0.05) is 6.92 Å². The molecule has 0 aliphatic heterocycles. The summed E-state index contributed by atoms with van der Waals surface area (Å²) in [5, 5.41) is 0. The number of hydrogen-bond donors (Lipinski definition) is 1. The van der Waals surface area contributed by atoms with E-state index in [-0.39, 0.29) is 0 Å².